The third kappa shape index (κ3) is 5.68. The fraction of sp³-hybridized carbons (Fsp3) is 0.391. The van der Waals surface area contributed by atoms with Crippen molar-refractivity contribution in [1.29, 1.82) is 0 Å². The van der Waals surface area contributed by atoms with Crippen LogP contribution in [-0.2, 0) is 11.2 Å². The van der Waals surface area contributed by atoms with E-state index in [0.717, 1.165) is 18.4 Å². The van der Waals surface area contributed by atoms with Gasteiger partial charge in [0.1, 0.15) is 6.04 Å². The van der Waals surface area contributed by atoms with Gasteiger partial charge in [-0.1, -0.05) is 69.7 Å². The summed E-state index contributed by atoms with van der Waals surface area (Å²) < 4.78 is 0. The van der Waals surface area contributed by atoms with Gasteiger partial charge in [0, 0.05) is 5.56 Å². The standard InChI is InChI=1S/C23H30N2O2/c1-5-16(3)21(25-22(26)20-10-8-7-9-11-20)23(27)24-17(4)19-14-12-18(6-2)13-15-19/h7-17,21H,5-6H2,1-4H3,(H,24,27)(H,25,26). The van der Waals surface area contributed by atoms with Crippen LogP contribution in [0.25, 0.3) is 0 Å². The van der Waals surface area contributed by atoms with Gasteiger partial charge in [-0.3, -0.25) is 9.59 Å². The van der Waals surface area contributed by atoms with Gasteiger partial charge in [0.25, 0.3) is 5.91 Å². The van der Waals surface area contributed by atoms with Crippen molar-refractivity contribution in [2.24, 2.45) is 5.92 Å². The molecule has 0 aliphatic rings. The normalized spacial score (nSPS) is 14.1. The van der Waals surface area contributed by atoms with Crippen molar-refractivity contribution >= 4 is 11.8 Å². The molecule has 2 N–H and O–H groups in total. The molecule has 144 valence electrons. The highest BCUT2D eigenvalue weighted by Gasteiger charge is 2.27. The molecule has 0 heterocycles. The van der Waals surface area contributed by atoms with Gasteiger partial charge in [-0.15, -0.1) is 0 Å². The third-order valence-corrected chi connectivity index (χ3v) is 5.06. The topological polar surface area (TPSA) is 58.2 Å². The van der Waals surface area contributed by atoms with Crippen molar-refractivity contribution in [3.63, 3.8) is 0 Å². The summed E-state index contributed by atoms with van der Waals surface area (Å²) in [4.78, 5) is 25.4. The molecule has 2 aromatic carbocycles. The average molecular weight is 367 g/mol. The summed E-state index contributed by atoms with van der Waals surface area (Å²) in [5, 5.41) is 5.96. The van der Waals surface area contributed by atoms with E-state index in [0.29, 0.717) is 5.56 Å². The lowest BCUT2D eigenvalue weighted by Crippen LogP contribution is -2.50. The first-order valence-electron chi connectivity index (χ1n) is 9.71. The molecule has 0 spiro atoms. The van der Waals surface area contributed by atoms with Crippen LogP contribution >= 0.6 is 0 Å². The van der Waals surface area contributed by atoms with Gasteiger partial charge >= 0.3 is 0 Å². The molecule has 0 aromatic heterocycles. The predicted molar refractivity (Wildman–Crippen MR) is 110 cm³/mol. The maximum absolute atomic E-state index is 12.9. The smallest absolute Gasteiger partial charge is 0.251 e. The molecule has 2 aromatic rings. The van der Waals surface area contributed by atoms with Crippen LogP contribution in [-0.4, -0.2) is 17.9 Å². The molecule has 27 heavy (non-hydrogen) atoms. The first-order valence-corrected chi connectivity index (χ1v) is 9.71. The molecular formula is C23H30N2O2. The second kappa shape index (κ2) is 9.91. The van der Waals surface area contributed by atoms with Crippen LogP contribution in [0.2, 0.25) is 0 Å². The second-order valence-corrected chi connectivity index (χ2v) is 7.03. The number of benzene rings is 2. The fourth-order valence-corrected chi connectivity index (χ4v) is 2.94. The number of carbonyl (C=O) groups is 2. The summed E-state index contributed by atoms with van der Waals surface area (Å²) in [6.07, 6.45) is 1.79. The molecule has 0 aliphatic heterocycles. The van der Waals surface area contributed by atoms with Crippen molar-refractivity contribution in [3.8, 4) is 0 Å². The molecule has 2 amide bonds. The molecule has 0 fully saturated rings. The second-order valence-electron chi connectivity index (χ2n) is 7.03. The van der Waals surface area contributed by atoms with Crippen LogP contribution in [0, 0.1) is 5.92 Å². The Balaban J connectivity index is 2.08. The number of carbonyl (C=O) groups excluding carboxylic acids is 2. The van der Waals surface area contributed by atoms with Crippen LogP contribution < -0.4 is 10.6 Å². The Morgan fingerprint density at radius 2 is 1.52 bits per heavy atom. The highest BCUT2D eigenvalue weighted by molar-refractivity contribution is 5.97. The summed E-state index contributed by atoms with van der Waals surface area (Å²) in [5.74, 6) is -0.343. The zero-order valence-electron chi connectivity index (χ0n) is 16.7. The third-order valence-electron chi connectivity index (χ3n) is 5.06. The lowest BCUT2D eigenvalue weighted by Gasteiger charge is -2.25. The molecule has 0 aliphatic carbocycles. The maximum atomic E-state index is 12.9. The summed E-state index contributed by atoms with van der Waals surface area (Å²) in [6, 6.07) is 16.6. The number of nitrogens with one attached hydrogen (secondary N) is 2. The predicted octanol–water partition coefficient (Wildman–Crippen LogP) is 4.27. The first-order chi connectivity index (χ1) is 13.0. The lowest BCUT2D eigenvalue weighted by atomic mass is 9.97. The van der Waals surface area contributed by atoms with Crippen molar-refractivity contribution < 1.29 is 9.59 Å². The minimum Gasteiger partial charge on any atom is -0.348 e. The summed E-state index contributed by atoms with van der Waals surface area (Å²) >= 11 is 0. The molecule has 3 unspecified atom stereocenters. The number of hydrogen-bond donors (Lipinski definition) is 2. The minimum atomic E-state index is -0.569. The van der Waals surface area contributed by atoms with E-state index in [2.05, 4.69) is 29.7 Å². The van der Waals surface area contributed by atoms with Gasteiger partial charge in [0.05, 0.1) is 6.04 Å². The monoisotopic (exact) mass is 366 g/mol. The highest BCUT2D eigenvalue weighted by Crippen LogP contribution is 2.16. The SMILES string of the molecule is CCc1ccc(C(C)NC(=O)C(NC(=O)c2ccccc2)C(C)CC)cc1. The molecule has 0 radical (unpaired) electrons. The molecule has 3 atom stereocenters. The van der Waals surface area contributed by atoms with Gasteiger partial charge < -0.3 is 10.6 Å². The molecular weight excluding hydrogens is 336 g/mol. The van der Waals surface area contributed by atoms with E-state index >= 15 is 0 Å². The average Bonchev–Trinajstić information content (AvgIpc) is 2.71. The lowest BCUT2D eigenvalue weighted by molar-refractivity contribution is -0.124. The Labute approximate surface area is 162 Å². The first kappa shape index (κ1) is 20.7. The Morgan fingerprint density at radius 3 is 2.07 bits per heavy atom. The van der Waals surface area contributed by atoms with E-state index in [4.69, 9.17) is 0 Å². The van der Waals surface area contributed by atoms with Crippen molar-refractivity contribution in [2.45, 2.75) is 52.6 Å². The quantitative estimate of drug-likeness (QED) is 0.733. The molecule has 2 rings (SSSR count). The maximum Gasteiger partial charge on any atom is 0.251 e. The van der Waals surface area contributed by atoms with Crippen LogP contribution in [0.3, 0.4) is 0 Å². The van der Waals surface area contributed by atoms with Gasteiger partial charge in [0.15, 0.2) is 0 Å². The molecule has 0 saturated heterocycles. The molecule has 0 bridgehead atoms. The molecule has 4 heteroatoms. The highest BCUT2D eigenvalue weighted by atomic mass is 16.2. The minimum absolute atomic E-state index is 0.0346. The van der Waals surface area contributed by atoms with E-state index in [1.54, 1.807) is 12.1 Å². The Bertz CT molecular complexity index is 741. The van der Waals surface area contributed by atoms with Gasteiger partial charge in [-0.2, -0.15) is 0 Å². The van der Waals surface area contributed by atoms with Gasteiger partial charge in [-0.25, -0.2) is 0 Å². The van der Waals surface area contributed by atoms with E-state index in [9.17, 15) is 9.59 Å². The largest absolute Gasteiger partial charge is 0.348 e. The number of hydrogen-bond acceptors (Lipinski definition) is 2. The van der Waals surface area contributed by atoms with E-state index in [1.807, 2.05) is 51.1 Å². The van der Waals surface area contributed by atoms with Crippen LogP contribution in [0.4, 0.5) is 0 Å². The van der Waals surface area contributed by atoms with Gasteiger partial charge in [-0.05, 0) is 42.5 Å². The zero-order valence-corrected chi connectivity index (χ0v) is 16.7. The van der Waals surface area contributed by atoms with Crippen molar-refractivity contribution in [1.82, 2.24) is 10.6 Å². The van der Waals surface area contributed by atoms with Crippen LogP contribution in [0.15, 0.2) is 54.6 Å². The van der Waals surface area contributed by atoms with Crippen LogP contribution in [0.5, 0.6) is 0 Å². The van der Waals surface area contributed by atoms with E-state index in [-0.39, 0.29) is 23.8 Å². The number of aryl methyl sites for hydroxylation is 1. The van der Waals surface area contributed by atoms with E-state index in [1.165, 1.54) is 5.56 Å². The molecule has 0 saturated carbocycles. The van der Waals surface area contributed by atoms with Gasteiger partial charge in [0.2, 0.25) is 5.91 Å². The van der Waals surface area contributed by atoms with E-state index < -0.39 is 6.04 Å². The van der Waals surface area contributed by atoms with Crippen LogP contribution in [0.1, 0.15) is 61.6 Å². The molecule has 4 nitrogen and oxygen atoms in total. The van der Waals surface area contributed by atoms with Crippen molar-refractivity contribution in [2.75, 3.05) is 0 Å². The Kier molecular flexibility index (Phi) is 7.59. The summed E-state index contributed by atoms with van der Waals surface area (Å²) in [6.45, 7) is 8.08. The van der Waals surface area contributed by atoms with Crippen molar-refractivity contribution in [3.05, 3.63) is 71.3 Å². The Morgan fingerprint density at radius 1 is 0.889 bits per heavy atom. The Hall–Kier alpha value is -2.62. The number of rotatable bonds is 8. The zero-order chi connectivity index (χ0) is 19.8. The summed E-state index contributed by atoms with van der Waals surface area (Å²) in [5.41, 5.74) is 2.88. The number of amides is 2. The fourth-order valence-electron chi connectivity index (χ4n) is 2.94. The summed E-state index contributed by atoms with van der Waals surface area (Å²) in [7, 11) is 0.